The molecule has 1 heterocycles. The minimum Gasteiger partial charge on any atom is -0.309 e. The Morgan fingerprint density at radius 1 is 0.344 bits per heavy atom. The first kappa shape index (κ1) is 37.5. The van der Waals surface area contributed by atoms with E-state index in [9.17, 15) is 0 Å². The maximum Gasteiger partial charge on any atom is 0.0713 e. The number of rotatable bonds is 8. The van der Waals surface area contributed by atoms with Gasteiger partial charge in [0.1, 0.15) is 0 Å². The number of para-hydroxylation sites is 2. The monoisotopic (exact) mass is 813 g/mol. The highest BCUT2D eigenvalue weighted by Crippen LogP contribution is 2.56. The van der Waals surface area contributed by atoms with Crippen LogP contribution in [0.5, 0.6) is 0 Å². The Morgan fingerprint density at radius 2 is 0.906 bits per heavy atom. The van der Waals surface area contributed by atoms with Crippen LogP contribution >= 0.6 is 0 Å². The molecule has 0 aliphatic heterocycles. The molecule has 0 unspecified atom stereocenters. The lowest BCUT2D eigenvalue weighted by Crippen LogP contribution is -2.28. The van der Waals surface area contributed by atoms with Crippen molar-refractivity contribution in [2.45, 2.75) is 5.41 Å². The topological polar surface area (TPSA) is 4.93 Å². The zero-order chi connectivity index (χ0) is 42.5. The highest BCUT2D eigenvalue weighted by atomic mass is 15.0. The summed E-state index contributed by atoms with van der Waals surface area (Å²) in [6.45, 7) is 0. The molecule has 1 aromatic heterocycles. The smallest absolute Gasteiger partial charge is 0.0713 e. The van der Waals surface area contributed by atoms with Gasteiger partial charge in [0.15, 0.2) is 0 Å². The summed E-state index contributed by atoms with van der Waals surface area (Å²) in [5.41, 5.74) is 20.2. The number of nitrogens with zero attached hydrogens (tertiary/aromatic N) is 1. The molecular weight excluding hydrogens is 771 g/mol. The minimum atomic E-state index is -0.476. The maximum atomic E-state index is 2.45. The fourth-order valence-electron chi connectivity index (χ4n) is 10.4. The van der Waals surface area contributed by atoms with Crippen LogP contribution in [0.25, 0.3) is 72.5 Å². The van der Waals surface area contributed by atoms with Crippen LogP contribution in [0.3, 0.4) is 0 Å². The number of benzene rings is 10. The molecule has 0 fully saturated rings. The number of aromatic nitrogens is 1. The first-order valence-corrected chi connectivity index (χ1v) is 22.2. The standard InChI is InChI=1S/C63H43N/c1-5-18-45(19-6-1)46-33-35-47(36-34-46)58(50-21-17-20-48(42-50)49-37-39-57-56-29-14-16-31-61(56)64(62(57)43-49)53-26-11-4-12-27-53)40-44-32-38-55-54-28-13-15-30-59(54)63(60(55)41-44,51-22-7-2-8-23-51)52-24-9-3-10-25-52/h1-43H. The Labute approximate surface area is 374 Å². The van der Waals surface area contributed by atoms with Gasteiger partial charge in [0.25, 0.3) is 0 Å². The second kappa shape index (κ2) is 15.6. The average molecular weight is 814 g/mol. The fraction of sp³-hybridized carbons (Fsp3) is 0.0159. The van der Waals surface area contributed by atoms with Gasteiger partial charge < -0.3 is 4.57 Å². The van der Waals surface area contributed by atoms with Crippen LogP contribution in [0.4, 0.5) is 0 Å². The summed E-state index contributed by atoms with van der Waals surface area (Å²) in [5.74, 6) is 0. The predicted octanol–water partition coefficient (Wildman–Crippen LogP) is 16.1. The van der Waals surface area contributed by atoms with E-state index >= 15 is 0 Å². The molecule has 0 spiro atoms. The van der Waals surface area contributed by atoms with Crippen LogP contribution in [-0.2, 0) is 5.41 Å². The van der Waals surface area contributed by atoms with Gasteiger partial charge in [0, 0.05) is 16.5 Å². The molecule has 64 heavy (non-hydrogen) atoms. The van der Waals surface area contributed by atoms with E-state index < -0.39 is 5.41 Å². The predicted molar refractivity (Wildman–Crippen MR) is 269 cm³/mol. The number of hydrogen-bond donors (Lipinski definition) is 0. The molecule has 1 nitrogen and oxygen atoms in total. The van der Waals surface area contributed by atoms with Crippen molar-refractivity contribution in [2.24, 2.45) is 0 Å². The van der Waals surface area contributed by atoms with E-state index in [0.717, 1.165) is 22.4 Å². The molecule has 0 radical (unpaired) electrons. The van der Waals surface area contributed by atoms with Crippen molar-refractivity contribution in [3.05, 3.63) is 294 Å². The molecular formula is C63H43N. The summed E-state index contributed by atoms with van der Waals surface area (Å²) in [4.78, 5) is 0. The van der Waals surface area contributed by atoms with Crippen molar-refractivity contribution in [3.63, 3.8) is 0 Å². The molecule has 0 bridgehead atoms. The van der Waals surface area contributed by atoms with E-state index in [-0.39, 0.29) is 0 Å². The molecule has 0 saturated heterocycles. The second-order valence-corrected chi connectivity index (χ2v) is 16.8. The van der Waals surface area contributed by atoms with Gasteiger partial charge in [-0.2, -0.15) is 0 Å². The van der Waals surface area contributed by atoms with E-state index in [2.05, 4.69) is 265 Å². The van der Waals surface area contributed by atoms with Crippen molar-refractivity contribution >= 4 is 33.5 Å². The maximum absolute atomic E-state index is 2.45. The van der Waals surface area contributed by atoms with Crippen LogP contribution in [0.15, 0.2) is 255 Å². The van der Waals surface area contributed by atoms with Crippen molar-refractivity contribution in [1.29, 1.82) is 0 Å². The quantitative estimate of drug-likeness (QED) is 0.135. The number of hydrogen-bond acceptors (Lipinski definition) is 0. The van der Waals surface area contributed by atoms with E-state index in [1.807, 2.05) is 0 Å². The van der Waals surface area contributed by atoms with Gasteiger partial charge in [0.2, 0.25) is 0 Å². The summed E-state index contributed by atoms with van der Waals surface area (Å²) in [7, 11) is 0. The average Bonchev–Trinajstić information content (AvgIpc) is 3.87. The highest BCUT2D eigenvalue weighted by Gasteiger charge is 2.46. The van der Waals surface area contributed by atoms with Gasteiger partial charge in [0.05, 0.1) is 16.4 Å². The van der Waals surface area contributed by atoms with Gasteiger partial charge in [-0.25, -0.2) is 0 Å². The van der Waals surface area contributed by atoms with Crippen molar-refractivity contribution in [3.8, 4) is 39.1 Å². The summed E-state index contributed by atoms with van der Waals surface area (Å²) < 4.78 is 2.40. The van der Waals surface area contributed by atoms with Crippen LogP contribution in [-0.4, -0.2) is 4.57 Å². The van der Waals surface area contributed by atoms with E-state index in [4.69, 9.17) is 0 Å². The summed E-state index contributed by atoms with van der Waals surface area (Å²) >= 11 is 0. The normalized spacial score (nSPS) is 12.9. The van der Waals surface area contributed by atoms with Crippen molar-refractivity contribution < 1.29 is 0 Å². The molecule has 0 atom stereocenters. The fourth-order valence-corrected chi connectivity index (χ4v) is 10.4. The largest absolute Gasteiger partial charge is 0.309 e. The van der Waals surface area contributed by atoms with Gasteiger partial charge >= 0.3 is 0 Å². The molecule has 0 N–H and O–H groups in total. The SMILES string of the molecule is C(=C(c1ccc(-c2ccccc2)cc1)c1cccc(-c2ccc3c4ccccc4n(-c4ccccc4)c3c2)c1)c1ccc2c(c1)C(c1ccccc1)(c1ccccc1)c1ccccc1-2. The van der Waals surface area contributed by atoms with Gasteiger partial charge in [-0.1, -0.05) is 218 Å². The summed E-state index contributed by atoms with van der Waals surface area (Å²) in [6, 6.07) is 93.4. The molecule has 10 aromatic carbocycles. The van der Waals surface area contributed by atoms with Gasteiger partial charge in [-0.05, 0) is 120 Å². The lowest BCUT2D eigenvalue weighted by Gasteiger charge is -2.34. The third kappa shape index (κ3) is 6.16. The Bertz CT molecular complexity index is 3470. The highest BCUT2D eigenvalue weighted by molar-refractivity contribution is 6.10. The molecule has 0 amide bonds. The Morgan fingerprint density at radius 3 is 1.66 bits per heavy atom. The van der Waals surface area contributed by atoms with Crippen molar-refractivity contribution in [2.75, 3.05) is 0 Å². The molecule has 1 aliphatic carbocycles. The van der Waals surface area contributed by atoms with E-state index in [1.165, 1.54) is 83.0 Å². The zero-order valence-corrected chi connectivity index (χ0v) is 35.3. The Hall–Kier alpha value is -8.26. The lowest BCUT2D eigenvalue weighted by molar-refractivity contribution is 0.768. The minimum absolute atomic E-state index is 0.476. The van der Waals surface area contributed by atoms with Crippen LogP contribution in [0.1, 0.15) is 38.9 Å². The Kier molecular flexibility index (Phi) is 9.13. The molecule has 300 valence electrons. The molecule has 1 aliphatic rings. The summed E-state index contributed by atoms with van der Waals surface area (Å²) in [6.07, 6.45) is 2.40. The van der Waals surface area contributed by atoms with E-state index in [0.29, 0.717) is 0 Å². The third-order valence-electron chi connectivity index (χ3n) is 13.3. The lowest BCUT2D eigenvalue weighted by atomic mass is 9.67. The summed E-state index contributed by atoms with van der Waals surface area (Å²) in [5, 5.41) is 2.51. The Balaban J connectivity index is 1.04. The first-order valence-electron chi connectivity index (χ1n) is 22.2. The van der Waals surface area contributed by atoms with Gasteiger partial charge in [-0.3, -0.25) is 0 Å². The van der Waals surface area contributed by atoms with E-state index in [1.54, 1.807) is 0 Å². The molecule has 12 rings (SSSR count). The van der Waals surface area contributed by atoms with Gasteiger partial charge in [-0.15, -0.1) is 0 Å². The van der Waals surface area contributed by atoms with Crippen LogP contribution < -0.4 is 0 Å². The number of fused-ring (bicyclic) bond motifs is 6. The molecule has 0 saturated carbocycles. The van der Waals surface area contributed by atoms with Crippen LogP contribution in [0.2, 0.25) is 0 Å². The molecule has 1 heteroatoms. The van der Waals surface area contributed by atoms with Crippen molar-refractivity contribution in [1.82, 2.24) is 4.57 Å². The molecule has 11 aromatic rings. The zero-order valence-electron chi connectivity index (χ0n) is 35.3. The van der Waals surface area contributed by atoms with Crippen LogP contribution in [0, 0.1) is 0 Å². The first-order chi connectivity index (χ1) is 31.7. The second-order valence-electron chi connectivity index (χ2n) is 16.8. The third-order valence-corrected chi connectivity index (χ3v) is 13.3.